The lowest BCUT2D eigenvalue weighted by atomic mass is 9.91. The lowest BCUT2D eigenvalue weighted by molar-refractivity contribution is -0.130. The summed E-state index contributed by atoms with van der Waals surface area (Å²) in [4.78, 5) is 12.8. The molecule has 3 nitrogen and oxygen atoms in total. The highest BCUT2D eigenvalue weighted by atomic mass is 16.2. The third-order valence-electron chi connectivity index (χ3n) is 4.29. The van der Waals surface area contributed by atoms with Crippen molar-refractivity contribution in [2.45, 2.75) is 86.5 Å². The zero-order chi connectivity index (χ0) is 17.4. The molecule has 1 saturated heterocycles. The van der Waals surface area contributed by atoms with Gasteiger partial charge in [-0.2, -0.15) is 0 Å². The number of hydrogen-bond acceptors (Lipinski definition) is 2. The summed E-state index contributed by atoms with van der Waals surface area (Å²) >= 11 is 0. The Morgan fingerprint density at radius 3 is 1.68 bits per heavy atom. The molecule has 2 aliphatic rings. The summed E-state index contributed by atoms with van der Waals surface area (Å²) in [7, 11) is 0. The molecule has 2 N–H and O–H groups in total. The number of hydrogen-bond donors (Lipinski definition) is 1. The Bertz CT molecular complexity index is 230. The minimum absolute atomic E-state index is 0.195. The molecule has 3 heteroatoms. The van der Waals surface area contributed by atoms with E-state index in [1.165, 1.54) is 32.1 Å². The van der Waals surface area contributed by atoms with Crippen LogP contribution in [0.15, 0.2) is 0 Å². The molecule has 0 spiro atoms. The predicted molar refractivity (Wildman–Crippen MR) is 99.0 cm³/mol. The Hall–Kier alpha value is -0.570. The topological polar surface area (TPSA) is 46.3 Å². The number of nitrogens with two attached hydrogens (primary N) is 1. The van der Waals surface area contributed by atoms with Crippen LogP contribution >= 0.6 is 0 Å². The quantitative estimate of drug-likeness (QED) is 0.752. The first-order valence-corrected chi connectivity index (χ1v) is 9.59. The van der Waals surface area contributed by atoms with Gasteiger partial charge in [0.2, 0.25) is 5.91 Å². The molecule has 0 aromatic heterocycles. The van der Waals surface area contributed by atoms with E-state index in [2.05, 4.69) is 6.92 Å². The average molecular weight is 315 g/mol. The van der Waals surface area contributed by atoms with Crippen LogP contribution in [0.4, 0.5) is 0 Å². The standard InChI is InChI=1S/C8H16N2O.C7H14.2C2H6/c1-7(11)10-4-2-8(6-9)3-5-10;1-7-5-3-2-4-6-7;2*1-2/h8H,2-6,9H2,1H3;7H,2-6H2,1H3;2*1-2H3. The lowest BCUT2D eigenvalue weighted by Crippen LogP contribution is -2.38. The second-order valence-corrected chi connectivity index (χ2v) is 5.93. The van der Waals surface area contributed by atoms with Gasteiger partial charge in [-0.15, -0.1) is 0 Å². The minimum Gasteiger partial charge on any atom is -0.343 e. The van der Waals surface area contributed by atoms with Crippen LogP contribution in [0.3, 0.4) is 0 Å². The molecule has 2 fully saturated rings. The third-order valence-corrected chi connectivity index (χ3v) is 4.29. The number of carbonyl (C=O) groups is 1. The van der Waals surface area contributed by atoms with Gasteiger partial charge in [0.05, 0.1) is 0 Å². The first kappa shape index (κ1) is 23.7. The van der Waals surface area contributed by atoms with E-state index in [0.717, 1.165) is 38.4 Å². The van der Waals surface area contributed by atoms with Crippen molar-refractivity contribution in [3.05, 3.63) is 0 Å². The first-order chi connectivity index (χ1) is 10.6. The van der Waals surface area contributed by atoms with Gasteiger partial charge >= 0.3 is 0 Å². The third kappa shape index (κ3) is 12.0. The number of amides is 1. The van der Waals surface area contributed by atoms with Crippen LogP contribution in [0.25, 0.3) is 0 Å². The van der Waals surface area contributed by atoms with Crippen molar-refractivity contribution in [2.24, 2.45) is 17.6 Å². The Morgan fingerprint density at radius 1 is 0.955 bits per heavy atom. The van der Waals surface area contributed by atoms with E-state index in [1.807, 2.05) is 32.6 Å². The number of nitrogens with zero attached hydrogens (tertiary/aromatic N) is 1. The van der Waals surface area contributed by atoms with E-state index in [-0.39, 0.29) is 5.91 Å². The molecule has 0 aromatic carbocycles. The summed E-state index contributed by atoms with van der Waals surface area (Å²) in [6.07, 6.45) is 9.60. The second kappa shape index (κ2) is 16.8. The zero-order valence-electron chi connectivity index (χ0n) is 16.2. The summed E-state index contributed by atoms with van der Waals surface area (Å²) in [5, 5.41) is 0. The van der Waals surface area contributed by atoms with Gasteiger partial charge in [0.15, 0.2) is 0 Å². The van der Waals surface area contributed by atoms with E-state index in [9.17, 15) is 4.79 Å². The van der Waals surface area contributed by atoms with Crippen LogP contribution in [0.5, 0.6) is 0 Å². The fourth-order valence-electron chi connectivity index (χ4n) is 2.79. The highest BCUT2D eigenvalue weighted by Gasteiger charge is 2.18. The maximum absolute atomic E-state index is 10.9. The molecule has 2 rings (SSSR count). The Kier molecular flexibility index (Phi) is 18.1. The van der Waals surface area contributed by atoms with Gasteiger partial charge in [-0.25, -0.2) is 0 Å². The van der Waals surface area contributed by atoms with Gasteiger partial charge in [0, 0.05) is 20.0 Å². The highest BCUT2D eigenvalue weighted by Crippen LogP contribution is 2.22. The fourth-order valence-corrected chi connectivity index (χ4v) is 2.79. The van der Waals surface area contributed by atoms with Gasteiger partial charge in [0.25, 0.3) is 0 Å². The van der Waals surface area contributed by atoms with E-state index < -0.39 is 0 Å². The normalized spacial score (nSPS) is 18.8. The smallest absolute Gasteiger partial charge is 0.219 e. The zero-order valence-corrected chi connectivity index (χ0v) is 16.2. The van der Waals surface area contributed by atoms with Crippen molar-refractivity contribution < 1.29 is 4.79 Å². The van der Waals surface area contributed by atoms with Crippen LogP contribution in [-0.2, 0) is 4.79 Å². The molecular weight excluding hydrogens is 272 g/mol. The lowest BCUT2D eigenvalue weighted by Gasteiger charge is -2.30. The van der Waals surface area contributed by atoms with E-state index in [0.29, 0.717) is 5.92 Å². The van der Waals surface area contributed by atoms with Crippen molar-refractivity contribution in [1.82, 2.24) is 4.90 Å². The van der Waals surface area contributed by atoms with Crippen LogP contribution in [0.2, 0.25) is 0 Å². The van der Waals surface area contributed by atoms with Crippen LogP contribution in [0.1, 0.15) is 86.5 Å². The maximum Gasteiger partial charge on any atom is 0.219 e. The average Bonchev–Trinajstić information content (AvgIpc) is 2.60. The molecule has 1 amide bonds. The first-order valence-electron chi connectivity index (χ1n) is 9.59. The summed E-state index contributed by atoms with van der Waals surface area (Å²) in [5.41, 5.74) is 5.52. The van der Waals surface area contributed by atoms with Gasteiger partial charge < -0.3 is 10.6 Å². The van der Waals surface area contributed by atoms with Crippen molar-refractivity contribution in [3.8, 4) is 0 Å². The molecule has 0 aromatic rings. The monoisotopic (exact) mass is 314 g/mol. The number of likely N-dealkylation sites (tertiary alicyclic amines) is 1. The molecule has 1 heterocycles. The molecule has 134 valence electrons. The Balaban J connectivity index is 0. The Labute approximate surface area is 140 Å². The maximum atomic E-state index is 10.9. The molecule has 1 aliphatic carbocycles. The van der Waals surface area contributed by atoms with Crippen molar-refractivity contribution in [2.75, 3.05) is 19.6 Å². The van der Waals surface area contributed by atoms with Gasteiger partial charge in [0.1, 0.15) is 0 Å². The summed E-state index contributed by atoms with van der Waals surface area (Å²) in [6.45, 7) is 14.6. The van der Waals surface area contributed by atoms with Crippen LogP contribution < -0.4 is 5.73 Å². The number of rotatable bonds is 1. The molecule has 0 unspecified atom stereocenters. The van der Waals surface area contributed by atoms with E-state index in [1.54, 1.807) is 6.92 Å². The minimum atomic E-state index is 0.195. The van der Waals surface area contributed by atoms with Gasteiger partial charge in [-0.05, 0) is 31.2 Å². The molecule has 1 aliphatic heterocycles. The summed E-state index contributed by atoms with van der Waals surface area (Å²) in [6, 6.07) is 0. The SMILES string of the molecule is CC.CC.CC(=O)N1CCC(CN)CC1.CC1CCCCC1. The summed E-state index contributed by atoms with van der Waals surface area (Å²) in [5.74, 6) is 1.87. The molecule has 0 atom stereocenters. The largest absolute Gasteiger partial charge is 0.343 e. The van der Waals surface area contributed by atoms with Crippen molar-refractivity contribution >= 4 is 5.91 Å². The van der Waals surface area contributed by atoms with Gasteiger partial charge in [-0.3, -0.25) is 4.79 Å². The Morgan fingerprint density at radius 2 is 1.41 bits per heavy atom. The fraction of sp³-hybridized carbons (Fsp3) is 0.947. The summed E-state index contributed by atoms with van der Waals surface area (Å²) < 4.78 is 0. The van der Waals surface area contributed by atoms with E-state index in [4.69, 9.17) is 5.73 Å². The van der Waals surface area contributed by atoms with E-state index >= 15 is 0 Å². The molecule has 1 saturated carbocycles. The highest BCUT2D eigenvalue weighted by molar-refractivity contribution is 5.73. The molecular formula is C19H42N2O. The number of carbonyl (C=O) groups excluding carboxylic acids is 1. The van der Waals surface area contributed by atoms with Crippen LogP contribution in [-0.4, -0.2) is 30.4 Å². The number of piperidine rings is 1. The molecule has 22 heavy (non-hydrogen) atoms. The second-order valence-electron chi connectivity index (χ2n) is 5.93. The molecule has 0 radical (unpaired) electrons. The molecule has 0 bridgehead atoms. The predicted octanol–water partition coefficient (Wildman–Crippen LogP) is 4.84. The van der Waals surface area contributed by atoms with Crippen LogP contribution in [0, 0.1) is 11.8 Å². The van der Waals surface area contributed by atoms with Gasteiger partial charge in [-0.1, -0.05) is 66.7 Å². The van der Waals surface area contributed by atoms with Crippen molar-refractivity contribution in [1.29, 1.82) is 0 Å². The van der Waals surface area contributed by atoms with Crippen molar-refractivity contribution in [3.63, 3.8) is 0 Å².